The van der Waals surface area contributed by atoms with Gasteiger partial charge in [-0.25, -0.2) is 0 Å². The van der Waals surface area contributed by atoms with Crippen molar-refractivity contribution in [2.75, 3.05) is 0 Å². The highest BCUT2D eigenvalue weighted by molar-refractivity contribution is 8.00. The monoisotopic (exact) mass is 212 g/mol. The highest BCUT2D eigenvalue weighted by atomic mass is 32.2. The van der Waals surface area contributed by atoms with Gasteiger partial charge in [0.05, 0.1) is 12.7 Å². The molecule has 0 saturated carbocycles. The topological polar surface area (TPSA) is 40.5 Å². The Morgan fingerprint density at radius 2 is 2.07 bits per heavy atom. The maximum atomic E-state index is 9.34. The lowest BCUT2D eigenvalue weighted by Gasteiger charge is -2.14. The summed E-state index contributed by atoms with van der Waals surface area (Å²) in [6.07, 6.45) is -0.321. The Labute approximate surface area is 89.0 Å². The second kappa shape index (κ2) is 5.39. The third-order valence-electron chi connectivity index (χ3n) is 2.08. The Balaban J connectivity index is 2.66. The molecule has 0 spiro atoms. The van der Waals surface area contributed by atoms with Gasteiger partial charge in [0.1, 0.15) is 0 Å². The van der Waals surface area contributed by atoms with E-state index in [2.05, 4.69) is 0 Å². The van der Waals surface area contributed by atoms with Crippen LogP contribution in [-0.4, -0.2) is 21.6 Å². The van der Waals surface area contributed by atoms with E-state index < -0.39 is 0 Å². The Bertz CT molecular complexity index is 286. The van der Waals surface area contributed by atoms with Crippen LogP contribution in [0.5, 0.6) is 0 Å². The number of benzene rings is 1. The summed E-state index contributed by atoms with van der Waals surface area (Å²) >= 11 is 1.62. The summed E-state index contributed by atoms with van der Waals surface area (Å²) in [4.78, 5) is 1.09. The maximum Gasteiger partial charge on any atom is 0.0682 e. The predicted octanol–water partition coefficient (Wildman–Crippen LogP) is 2.04. The van der Waals surface area contributed by atoms with E-state index in [9.17, 15) is 5.11 Å². The molecular weight excluding hydrogens is 196 g/mol. The van der Waals surface area contributed by atoms with Crippen LogP contribution in [0.15, 0.2) is 29.2 Å². The van der Waals surface area contributed by atoms with Crippen LogP contribution >= 0.6 is 11.8 Å². The van der Waals surface area contributed by atoms with Gasteiger partial charge >= 0.3 is 0 Å². The number of hydrogen-bond donors (Lipinski definition) is 2. The lowest BCUT2D eigenvalue weighted by Crippen LogP contribution is -2.14. The number of aliphatic hydroxyl groups is 2. The molecule has 1 aromatic carbocycles. The largest absolute Gasteiger partial charge is 0.392 e. The van der Waals surface area contributed by atoms with Crippen molar-refractivity contribution in [1.29, 1.82) is 0 Å². The average molecular weight is 212 g/mol. The zero-order valence-electron chi connectivity index (χ0n) is 8.47. The van der Waals surface area contributed by atoms with E-state index in [0.29, 0.717) is 0 Å². The molecule has 2 atom stereocenters. The third kappa shape index (κ3) is 3.33. The van der Waals surface area contributed by atoms with Crippen molar-refractivity contribution in [3.8, 4) is 0 Å². The molecule has 2 nitrogen and oxygen atoms in total. The highest BCUT2D eigenvalue weighted by Gasteiger charge is 2.10. The lowest BCUT2D eigenvalue weighted by molar-refractivity contribution is 0.196. The van der Waals surface area contributed by atoms with Gasteiger partial charge in [0.15, 0.2) is 0 Å². The normalized spacial score (nSPS) is 15.1. The molecule has 0 aliphatic rings. The van der Waals surface area contributed by atoms with Crippen molar-refractivity contribution in [3.63, 3.8) is 0 Å². The van der Waals surface area contributed by atoms with Crippen LogP contribution in [0, 0.1) is 0 Å². The summed E-state index contributed by atoms with van der Waals surface area (Å²) in [5.74, 6) is 0. The standard InChI is InChI=1S/C11H16O2S/c1-8(13)9(2)14-11-5-3-4-10(6-11)7-12/h3-6,8-9,12-13H,7H2,1-2H3. The minimum Gasteiger partial charge on any atom is -0.392 e. The molecule has 0 amide bonds. The van der Waals surface area contributed by atoms with Crippen LogP contribution in [0.2, 0.25) is 0 Å². The lowest BCUT2D eigenvalue weighted by atomic mass is 10.2. The molecule has 2 N–H and O–H groups in total. The Morgan fingerprint density at radius 3 is 2.64 bits per heavy atom. The van der Waals surface area contributed by atoms with Crippen molar-refractivity contribution in [3.05, 3.63) is 29.8 Å². The van der Waals surface area contributed by atoms with Gasteiger partial charge in [-0.15, -0.1) is 11.8 Å². The molecule has 0 fully saturated rings. The molecular formula is C11H16O2S. The molecule has 2 unspecified atom stereocenters. The van der Waals surface area contributed by atoms with Crippen LogP contribution in [0.25, 0.3) is 0 Å². The molecule has 78 valence electrons. The first kappa shape index (κ1) is 11.6. The first-order valence-corrected chi connectivity index (χ1v) is 5.56. The van der Waals surface area contributed by atoms with Gasteiger partial charge in [0.25, 0.3) is 0 Å². The molecule has 1 aromatic rings. The van der Waals surface area contributed by atoms with Gasteiger partial charge < -0.3 is 10.2 Å². The van der Waals surface area contributed by atoms with Crippen LogP contribution in [0.4, 0.5) is 0 Å². The first-order chi connectivity index (χ1) is 6.63. The number of thioether (sulfide) groups is 1. The van der Waals surface area contributed by atoms with E-state index in [1.165, 1.54) is 0 Å². The molecule has 1 rings (SSSR count). The van der Waals surface area contributed by atoms with E-state index in [1.807, 2.05) is 31.2 Å². The SMILES string of the molecule is CC(O)C(C)Sc1cccc(CO)c1. The van der Waals surface area contributed by atoms with E-state index in [0.717, 1.165) is 10.5 Å². The minimum atomic E-state index is -0.321. The summed E-state index contributed by atoms with van der Waals surface area (Å²) in [7, 11) is 0. The fourth-order valence-electron chi connectivity index (χ4n) is 1.03. The van der Waals surface area contributed by atoms with E-state index in [1.54, 1.807) is 18.7 Å². The summed E-state index contributed by atoms with van der Waals surface area (Å²) in [6.45, 7) is 3.84. The number of hydrogen-bond acceptors (Lipinski definition) is 3. The molecule has 0 aromatic heterocycles. The van der Waals surface area contributed by atoms with Crippen molar-refractivity contribution < 1.29 is 10.2 Å². The summed E-state index contributed by atoms with van der Waals surface area (Å²) in [5, 5.41) is 18.5. The van der Waals surface area contributed by atoms with Gasteiger partial charge in [0.2, 0.25) is 0 Å². The van der Waals surface area contributed by atoms with Crippen molar-refractivity contribution in [2.45, 2.75) is 36.7 Å². The number of aliphatic hydroxyl groups excluding tert-OH is 2. The molecule has 0 aliphatic carbocycles. The smallest absolute Gasteiger partial charge is 0.0682 e. The van der Waals surface area contributed by atoms with Crippen molar-refractivity contribution in [1.82, 2.24) is 0 Å². The van der Waals surface area contributed by atoms with Crippen LogP contribution < -0.4 is 0 Å². The predicted molar refractivity (Wildman–Crippen MR) is 59.4 cm³/mol. The van der Waals surface area contributed by atoms with Gasteiger partial charge in [-0.3, -0.25) is 0 Å². The van der Waals surface area contributed by atoms with Crippen LogP contribution in [0.3, 0.4) is 0 Å². The minimum absolute atomic E-state index is 0.0669. The average Bonchev–Trinajstić information content (AvgIpc) is 2.18. The Kier molecular flexibility index (Phi) is 4.45. The van der Waals surface area contributed by atoms with Gasteiger partial charge in [-0.05, 0) is 24.6 Å². The van der Waals surface area contributed by atoms with Gasteiger partial charge in [0, 0.05) is 10.1 Å². The molecule has 14 heavy (non-hydrogen) atoms. The zero-order valence-corrected chi connectivity index (χ0v) is 9.29. The quantitative estimate of drug-likeness (QED) is 0.750. The fraction of sp³-hybridized carbons (Fsp3) is 0.455. The maximum absolute atomic E-state index is 9.34. The second-order valence-corrected chi connectivity index (χ2v) is 4.82. The van der Waals surface area contributed by atoms with Gasteiger partial charge in [-0.1, -0.05) is 19.1 Å². The van der Waals surface area contributed by atoms with E-state index >= 15 is 0 Å². The zero-order chi connectivity index (χ0) is 10.6. The molecule has 0 heterocycles. The second-order valence-electron chi connectivity index (χ2n) is 3.37. The highest BCUT2D eigenvalue weighted by Crippen LogP contribution is 2.25. The van der Waals surface area contributed by atoms with E-state index in [4.69, 9.17) is 5.11 Å². The Hall–Kier alpha value is -0.510. The molecule has 3 heteroatoms. The summed E-state index contributed by atoms with van der Waals surface area (Å²) in [6, 6.07) is 7.74. The van der Waals surface area contributed by atoms with E-state index in [-0.39, 0.29) is 18.0 Å². The Morgan fingerprint density at radius 1 is 1.36 bits per heavy atom. The third-order valence-corrected chi connectivity index (χ3v) is 3.37. The molecule has 0 aliphatic heterocycles. The first-order valence-electron chi connectivity index (χ1n) is 4.68. The fourth-order valence-corrected chi connectivity index (χ4v) is 2.03. The van der Waals surface area contributed by atoms with Crippen LogP contribution in [0.1, 0.15) is 19.4 Å². The van der Waals surface area contributed by atoms with Crippen LogP contribution in [-0.2, 0) is 6.61 Å². The van der Waals surface area contributed by atoms with Gasteiger partial charge in [-0.2, -0.15) is 0 Å². The summed E-state index contributed by atoms with van der Waals surface area (Å²) < 4.78 is 0. The molecule has 0 saturated heterocycles. The molecule has 0 radical (unpaired) electrons. The number of rotatable bonds is 4. The van der Waals surface area contributed by atoms with Crippen molar-refractivity contribution >= 4 is 11.8 Å². The summed E-state index contributed by atoms with van der Waals surface area (Å²) in [5.41, 5.74) is 0.910. The molecule has 0 bridgehead atoms. The van der Waals surface area contributed by atoms with Crippen molar-refractivity contribution in [2.24, 2.45) is 0 Å².